The molecule has 0 saturated heterocycles. The number of carbonyl (C=O) groups is 2. The monoisotopic (exact) mass is 356 g/mol. The molecule has 2 aromatic rings. The Hall–Kier alpha value is -2.69. The van der Waals surface area contributed by atoms with E-state index in [1.54, 1.807) is 23.1 Å². The third-order valence-corrected chi connectivity index (χ3v) is 4.41. The molecule has 0 aliphatic carbocycles. The molecule has 2 aromatic carbocycles. The molecular weight excluding hydrogens is 331 g/mol. The average molecular weight is 356 g/mol. The van der Waals surface area contributed by atoms with Gasteiger partial charge in [0.05, 0.1) is 0 Å². The highest BCUT2D eigenvalue weighted by atomic mass is 19.1. The van der Waals surface area contributed by atoms with Gasteiger partial charge >= 0.3 is 0 Å². The summed E-state index contributed by atoms with van der Waals surface area (Å²) >= 11 is 0. The van der Waals surface area contributed by atoms with Gasteiger partial charge in [-0.3, -0.25) is 9.59 Å². The van der Waals surface area contributed by atoms with Crippen molar-refractivity contribution >= 4 is 17.5 Å². The Morgan fingerprint density at radius 3 is 2.27 bits per heavy atom. The molecule has 4 nitrogen and oxygen atoms in total. The van der Waals surface area contributed by atoms with Crippen molar-refractivity contribution in [2.45, 2.75) is 33.6 Å². The summed E-state index contributed by atoms with van der Waals surface area (Å²) in [5.74, 6) is -0.537. The highest BCUT2D eigenvalue weighted by Gasteiger charge is 2.13. The molecular formula is C21H25FN2O2. The first-order valence-corrected chi connectivity index (χ1v) is 8.73. The van der Waals surface area contributed by atoms with Gasteiger partial charge in [0.2, 0.25) is 11.8 Å². The zero-order chi connectivity index (χ0) is 19.1. The van der Waals surface area contributed by atoms with Gasteiger partial charge in [0.25, 0.3) is 0 Å². The molecule has 1 N–H and O–H groups in total. The number of halogens is 1. The van der Waals surface area contributed by atoms with E-state index >= 15 is 0 Å². The second-order valence-corrected chi connectivity index (χ2v) is 6.41. The Morgan fingerprint density at radius 1 is 1.00 bits per heavy atom. The van der Waals surface area contributed by atoms with Crippen molar-refractivity contribution in [2.75, 3.05) is 18.4 Å². The van der Waals surface area contributed by atoms with Crippen LogP contribution in [0.5, 0.6) is 0 Å². The lowest BCUT2D eigenvalue weighted by Gasteiger charge is -2.21. The van der Waals surface area contributed by atoms with Crippen LogP contribution in [0.2, 0.25) is 0 Å². The van der Waals surface area contributed by atoms with Crippen LogP contribution >= 0.6 is 0 Å². The van der Waals surface area contributed by atoms with E-state index in [0.717, 1.165) is 16.8 Å². The van der Waals surface area contributed by atoms with Crippen LogP contribution in [0.4, 0.5) is 10.1 Å². The van der Waals surface area contributed by atoms with Gasteiger partial charge in [-0.2, -0.15) is 0 Å². The number of carbonyl (C=O) groups excluding carboxylic acids is 2. The number of rotatable bonds is 7. The van der Waals surface area contributed by atoms with Crippen LogP contribution in [-0.4, -0.2) is 29.8 Å². The molecule has 0 spiro atoms. The standard InChI is InChI=1S/C21H25FN2O2/c1-15-7-6-8-16(2)21(15)23-20(26)12-14-24(17(3)25)13-11-18-9-4-5-10-19(18)22/h4-10H,11-14H2,1-3H3,(H,23,26). The normalized spacial score (nSPS) is 10.5. The van der Waals surface area contributed by atoms with Gasteiger partial charge in [0.15, 0.2) is 0 Å². The average Bonchev–Trinajstić information content (AvgIpc) is 2.59. The fraction of sp³-hybridized carbons (Fsp3) is 0.333. The Morgan fingerprint density at radius 2 is 1.65 bits per heavy atom. The fourth-order valence-electron chi connectivity index (χ4n) is 2.83. The summed E-state index contributed by atoms with van der Waals surface area (Å²) < 4.78 is 13.7. The highest BCUT2D eigenvalue weighted by molar-refractivity contribution is 5.92. The van der Waals surface area contributed by atoms with Gasteiger partial charge in [-0.25, -0.2) is 4.39 Å². The Kier molecular flexibility index (Phi) is 6.89. The maximum atomic E-state index is 13.7. The van der Waals surface area contributed by atoms with Gasteiger partial charge in [-0.05, 0) is 43.0 Å². The SMILES string of the molecule is CC(=O)N(CCC(=O)Nc1c(C)cccc1C)CCc1ccccc1F. The molecule has 0 unspecified atom stereocenters. The van der Waals surface area contributed by atoms with E-state index in [0.29, 0.717) is 25.1 Å². The number of anilines is 1. The van der Waals surface area contributed by atoms with E-state index < -0.39 is 0 Å². The second kappa shape index (κ2) is 9.13. The fourth-order valence-corrected chi connectivity index (χ4v) is 2.83. The molecule has 2 amide bonds. The number of nitrogens with one attached hydrogen (secondary N) is 1. The van der Waals surface area contributed by atoms with Crippen LogP contribution in [0, 0.1) is 19.7 Å². The molecule has 2 rings (SSSR count). The maximum Gasteiger partial charge on any atom is 0.226 e. The van der Waals surface area contributed by atoms with Gasteiger partial charge in [-0.15, -0.1) is 0 Å². The number of hydrogen-bond acceptors (Lipinski definition) is 2. The third-order valence-electron chi connectivity index (χ3n) is 4.41. The molecule has 0 aliphatic heterocycles. The smallest absolute Gasteiger partial charge is 0.226 e. The zero-order valence-corrected chi connectivity index (χ0v) is 15.5. The van der Waals surface area contributed by atoms with Crippen molar-refractivity contribution in [2.24, 2.45) is 0 Å². The lowest BCUT2D eigenvalue weighted by Crippen LogP contribution is -2.34. The van der Waals surface area contributed by atoms with E-state index in [1.165, 1.54) is 13.0 Å². The zero-order valence-electron chi connectivity index (χ0n) is 15.5. The van der Waals surface area contributed by atoms with E-state index in [9.17, 15) is 14.0 Å². The summed E-state index contributed by atoms with van der Waals surface area (Å²) in [4.78, 5) is 25.7. The predicted molar refractivity (Wildman–Crippen MR) is 102 cm³/mol. The highest BCUT2D eigenvalue weighted by Crippen LogP contribution is 2.19. The number of para-hydroxylation sites is 1. The summed E-state index contributed by atoms with van der Waals surface area (Å²) in [6.45, 7) is 6.04. The van der Waals surface area contributed by atoms with E-state index in [2.05, 4.69) is 5.32 Å². The molecule has 0 fully saturated rings. The van der Waals surface area contributed by atoms with Gasteiger partial charge in [0.1, 0.15) is 5.82 Å². The van der Waals surface area contributed by atoms with Crippen molar-refractivity contribution in [1.29, 1.82) is 0 Å². The maximum absolute atomic E-state index is 13.7. The van der Waals surface area contributed by atoms with Gasteiger partial charge in [0, 0.05) is 32.1 Å². The molecule has 26 heavy (non-hydrogen) atoms. The Bertz CT molecular complexity index is 769. The van der Waals surface area contributed by atoms with Crippen LogP contribution < -0.4 is 5.32 Å². The van der Waals surface area contributed by atoms with Crippen molar-refractivity contribution < 1.29 is 14.0 Å². The summed E-state index contributed by atoms with van der Waals surface area (Å²) in [7, 11) is 0. The molecule has 0 aromatic heterocycles. The second-order valence-electron chi connectivity index (χ2n) is 6.41. The molecule has 0 heterocycles. The number of nitrogens with zero attached hydrogens (tertiary/aromatic N) is 1. The lowest BCUT2D eigenvalue weighted by atomic mass is 10.1. The summed E-state index contributed by atoms with van der Waals surface area (Å²) in [5, 5.41) is 2.92. The minimum atomic E-state index is -0.274. The van der Waals surface area contributed by atoms with Crippen LogP contribution in [-0.2, 0) is 16.0 Å². The molecule has 0 radical (unpaired) electrons. The molecule has 0 bridgehead atoms. The molecule has 5 heteroatoms. The largest absolute Gasteiger partial charge is 0.342 e. The number of benzene rings is 2. The quantitative estimate of drug-likeness (QED) is 0.819. The predicted octanol–water partition coefficient (Wildman–Crippen LogP) is 3.86. The topological polar surface area (TPSA) is 49.4 Å². The van der Waals surface area contributed by atoms with Gasteiger partial charge < -0.3 is 10.2 Å². The molecule has 0 aliphatic rings. The molecule has 0 atom stereocenters. The van der Waals surface area contributed by atoms with Crippen LogP contribution in [0.15, 0.2) is 42.5 Å². The summed E-state index contributed by atoms with van der Waals surface area (Å²) in [6.07, 6.45) is 0.620. The van der Waals surface area contributed by atoms with E-state index in [1.807, 2.05) is 32.0 Å². The van der Waals surface area contributed by atoms with Crippen LogP contribution in [0.3, 0.4) is 0 Å². The number of aryl methyl sites for hydroxylation is 2. The third kappa shape index (κ3) is 5.41. The molecule has 0 saturated carbocycles. The summed E-state index contributed by atoms with van der Waals surface area (Å²) in [5.41, 5.74) is 3.39. The minimum absolute atomic E-state index is 0.124. The first-order valence-electron chi connectivity index (χ1n) is 8.73. The van der Waals surface area contributed by atoms with Crippen LogP contribution in [0.1, 0.15) is 30.0 Å². The van der Waals surface area contributed by atoms with Crippen molar-refractivity contribution in [3.63, 3.8) is 0 Å². The lowest BCUT2D eigenvalue weighted by molar-refractivity contribution is -0.129. The van der Waals surface area contributed by atoms with E-state index in [4.69, 9.17) is 0 Å². The number of hydrogen-bond donors (Lipinski definition) is 1. The van der Waals surface area contributed by atoms with Crippen molar-refractivity contribution in [3.05, 3.63) is 65.0 Å². The Labute approximate surface area is 154 Å². The van der Waals surface area contributed by atoms with Crippen LogP contribution in [0.25, 0.3) is 0 Å². The number of amides is 2. The summed E-state index contributed by atoms with van der Waals surface area (Å²) in [6, 6.07) is 12.4. The van der Waals surface area contributed by atoms with E-state index in [-0.39, 0.29) is 24.1 Å². The Balaban J connectivity index is 1.91. The van der Waals surface area contributed by atoms with Crippen molar-refractivity contribution in [3.8, 4) is 0 Å². The van der Waals surface area contributed by atoms with Crippen molar-refractivity contribution in [1.82, 2.24) is 4.90 Å². The molecule has 138 valence electrons. The first kappa shape index (κ1) is 19.6. The minimum Gasteiger partial charge on any atom is -0.342 e. The van der Waals surface area contributed by atoms with Gasteiger partial charge in [-0.1, -0.05) is 36.4 Å². The first-order chi connectivity index (χ1) is 12.4.